The molecule has 2 N–H and O–H groups in total. The molecule has 2 rings (SSSR count). The molecular formula is C16H17N3. The Morgan fingerprint density at radius 3 is 2.68 bits per heavy atom. The highest BCUT2D eigenvalue weighted by atomic mass is 15.1. The monoisotopic (exact) mass is 251 g/mol. The summed E-state index contributed by atoms with van der Waals surface area (Å²) in [4.78, 5) is 2.09. The van der Waals surface area contributed by atoms with Crippen LogP contribution < -0.4 is 10.6 Å². The van der Waals surface area contributed by atoms with Gasteiger partial charge >= 0.3 is 0 Å². The second-order valence-corrected chi connectivity index (χ2v) is 4.73. The van der Waals surface area contributed by atoms with Gasteiger partial charge in [-0.1, -0.05) is 18.2 Å². The number of anilines is 2. The van der Waals surface area contributed by atoms with E-state index in [1.807, 2.05) is 56.4 Å². The van der Waals surface area contributed by atoms with Crippen molar-refractivity contribution in [1.82, 2.24) is 0 Å². The Kier molecular flexibility index (Phi) is 3.72. The molecule has 0 saturated heterocycles. The molecule has 0 amide bonds. The topological polar surface area (TPSA) is 53.0 Å². The standard InChI is InChI=1S/C16H17N3/c1-12-6-7-16(15(18)8-12)19(2)11-14-5-3-4-13(9-14)10-17/h3-9H,11,18H2,1-2H3. The summed E-state index contributed by atoms with van der Waals surface area (Å²) < 4.78 is 0. The van der Waals surface area contributed by atoms with Gasteiger partial charge < -0.3 is 10.6 Å². The van der Waals surface area contributed by atoms with Crippen LogP contribution in [0.5, 0.6) is 0 Å². The minimum atomic E-state index is 0.683. The molecule has 0 aliphatic heterocycles. The number of benzene rings is 2. The van der Waals surface area contributed by atoms with E-state index in [1.165, 1.54) is 0 Å². The first kappa shape index (κ1) is 13.0. The highest BCUT2D eigenvalue weighted by molar-refractivity contribution is 5.68. The third kappa shape index (κ3) is 3.05. The maximum absolute atomic E-state index is 8.90. The van der Waals surface area contributed by atoms with E-state index in [4.69, 9.17) is 11.0 Å². The molecule has 0 atom stereocenters. The lowest BCUT2D eigenvalue weighted by Gasteiger charge is -2.21. The van der Waals surface area contributed by atoms with Gasteiger partial charge in [0.1, 0.15) is 0 Å². The summed E-state index contributed by atoms with van der Waals surface area (Å²) in [6, 6.07) is 15.8. The zero-order valence-corrected chi connectivity index (χ0v) is 11.2. The van der Waals surface area contributed by atoms with Gasteiger partial charge in [0, 0.05) is 13.6 Å². The minimum absolute atomic E-state index is 0.683. The van der Waals surface area contributed by atoms with Crippen molar-refractivity contribution < 1.29 is 0 Å². The van der Waals surface area contributed by atoms with Crippen LogP contribution >= 0.6 is 0 Å². The fraction of sp³-hybridized carbons (Fsp3) is 0.188. The first-order chi connectivity index (χ1) is 9.10. The number of nitriles is 1. The van der Waals surface area contributed by atoms with Crippen molar-refractivity contribution >= 4 is 11.4 Å². The van der Waals surface area contributed by atoms with Crippen LogP contribution in [0.15, 0.2) is 42.5 Å². The number of nitrogens with two attached hydrogens (primary N) is 1. The molecule has 2 aromatic rings. The smallest absolute Gasteiger partial charge is 0.0991 e. The van der Waals surface area contributed by atoms with E-state index in [1.54, 1.807) is 0 Å². The van der Waals surface area contributed by atoms with Crippen molar-refractivity contribution in [2.24, 2.45) is 0 Å². The Balaban J connectivity index is 2.20. The van der Waals surface area contributed by atoms with Crippen LogP contribution in [0.3, 0.4) is 0 Å². The van der Waals surface area contributed by atoms with E-state index < -0.39 is 0 Å². The van der Waals surface area contributed by atoms with Gasteiger partial charge in [0.05, 0.1) is 23.0 Å². The highest BCUT2D eigenvalue weighted by Crippen LogP contribution is 2.24. The Hall–Kier alpha value is -2.47. The van der Waals surface area contributed by atoms with Crippen LogP contribution in [-0.4, -0.2) is 7.05 Å². The van der Waals surface area contributed by atoms with E-state index in [-0.39, 0.29) is 0 Å². The molecule has 0 heterocycles. The Morgan fingerprint density at radius 2 is 2.00 bits per heavy atom. The van der Waals surface area contributed by atoms with Crippen LogP contribution in [0, 0.1) is 18.3 Å². The summed E-state index contributed by atoms with van der Waals surface area (Å²) in [7, 11) is 2.00. The van der Waals surface area contributed by atoms with Gasteiger partial charge in [-0.25, -0.2) is 0 Å². The molecule has 0 saturated carbocycles. The molecule has 2 aromatic carbocycles. The summed E-state index contributed by atoms with van der Waals surface area (Å²) in [5.74, 6) is 0. The largest absolute Gasteiger partial charge is 0.397 e. The first-order valence-corrected chi connectivity index (χ1v) is 6.16. The number of rotatable bonds is 3. The van der Waals surface area contributed by atoms with Crippen LogP contribution in [0.2, 0.25) is 0 Å². The third-order valence-corrected chi connectivity index (χ3v) is 3.07. The third-order valence-electron chi connectivity index (χ3n) is 3.07. The molecule has 3 heteroatoms. The van der Waals surface area contributed by atoms with Gasteiger partial charge in [-0.05, 0) is 42.3 Å². The number of nitrogen functional groups attached to an aromatic ring is 1. The average molecular weight is 251 g/mol. The summed E-state index contributed by atoms with van der Waals surface area (Å²) in [6.07, 6.45) is 0. The fourth-order valence-corrected chi connectivity index (χ4v) is 2.12. The van der Waals surface area contributed by atoms with Gasteiger partial charge in [-0.15, -0.1) is 0 Å². The van der Waals surface area contributed by atoms with Crippen LogP contribution in [0.4, 0.5) is 11.4 Å². The predicted molar refractivity (Wildman–Crippen MR) is 78.9 cm³/mol. The molecule has 0 fully saturated rings. The summed E-state index contributed by atoms with van der Waals surface area (Å²) >= 11 is 0. The molecular weight excluding hydrogens is 234 g/mol. The summed E-state index contributed by atoms with van der Waals surface area (Å²) in [6.45, 7) is 2.75. The van der Waals surface area contributed by atoms with Crippen molar-refractivity contribution in [2.75, 3.05) is 17.7 Å². The molecule has 0 unspecified atom stereocenters. The average Bonchev–Trinajstić information content (AvgIpc) is 2.38. The molecule has 0 bridgehead atoms. The van der Waals surface area contributed by atoms with E-state index in [2.05, 4.69) is 11.0 Å². The van der Waals surface area contributed by atoms with Crippen molar-refractivity contribution in [3.8, 4) is 6.07 Å². The van der Waals surface area contributed by atoms with Crippen LogP contribution in [0.1, 0.15) is 16.7 Å². The minimum Gasteiger partial charge on any atom is -0.397 e. The molecule has 0 aromatic heterocycles. The Labute approximate surface area is 113 Å². The lowest BCUT2D eigenvalue weighted by atomic mass is 10.1. The first-order valence-electron chi connectivity index (χ1n) is 6.16. The maximum atomic E-state index is 8.90. The predicted octanol–water partition coefficient (Wildman–Crippen LogP) is 3.09. The van der Waals surface area contributed by atoms with Crippen molar-refractivity contribution in [3.63, 3.8) is 0 Å². The highest BCUT2D eigenvalue weighted by Gasteiger charge is 2.06. The number of nitrogens with zero attached hydrogens (tertiary/aromatic N) is 2. The molecule has 0 radical (unpaired) electrons. The number of hydrogen-bond donors (Lipinski definition) is 1. The lowest BCUT2D eigenvalue weighted by Crippen LogP contribution is -2.17. The maximum Gasteiger partial charge on any atom is 0.0991 e. The van der Waals surface area contributed by atoms with Gasteiger partial charge in [0.15, 0.2) is 0 Å². The molecule has 3 nitrogen and oxygen atoms in total. The SMILES string of the molecule is Cc1ccc(N(C)Cc2cccc(C#N)c2)c(N)c1. The quantitative estimate of drug-likeness (QED) is 0.853. The number of hydrogen-bond acceptors (Lipinski definition) is 3. The lowest BCUT2D eigenvalue weighted by molar-refractivity contribution is 0.924. The van der Waals surface area contributed by atoms with Crippen LogP contribution in [0.25, 0.3) is 0 Å². The van der Waals surface area contributed by atoms with E-state index >= 15 is 0 Å². The van der Waals surface area contributed by atoms with Crippen LogP contribution in [-0.2, 0) is 6.54 Å². The van der Waals surface area contributed by atoms with Crippen molar-refractivity contribution in [2.45, 2.75) is 13.5 Å². The molecule has 0 aliphatic carbocycles. The summed E-state index contributed by atoms with van der Waals surface area (Å²) in [5.41, 5.74) is 10.8. The van der Waals surface area contributed by atoms with E-state index in [9.17, 15) is 0 Å². The molecule has 0 aliphatic rings. The fourth-order valence-electron chi connectivity index (χ4n) is 2.12. The van der Waals surface area contributed by atoms with Gasteiger partial charge in [-0.3, -0.25) is 0 Å². The molecule has 0 spiro atoms. The van der Waals surface area contributed by atoms with Gasteiger partial charge in [0.25, 0.3) is 0 Å². The van der Waals surface area contributed by atoms with E-state index in [0.29, 0.717) is 5.56 Å². The normalized spacial score (nSPS) is 9.95. The van der Waals surface area contributed by atoms with E-state index in [0.717, 1.165) is 29.0 Å². The zero-order chi connectivity index (χ0) is 13.8. The second kappa shape index (κ2) is 5.45. The Morgan fingerprint density at radius 1 is 1.21 bits per heavy atom. The zero-order valence-electron chi connectivity index (χ0n) is 11.2. The molecule has 96 valence electrons. The molecule has 19 heavy (non-hydrogen) atoms. The summed E-state index contributed by atoms with van der Waals surface area (Å²) in [5, 5.41) is 8.90. The van der Waals surface area contributed by atoms with Gasteiger partial charge in [-0.2, -0.15) is 5.26 Å². The van der Waals surface area contributed by atoms with Crippen molar-refractivity contribution in [1.29, 1.82) is 5.26 Å². The Bertz CT molecular complexity index is 626. The second-order valence-electron chi connectivity index (χ2n) is 4.73. The van der Waals surface area contributed by atoms with Crippen molar-refractivity contribution in [3.05, 3.63) is 59.2 Å². The van der Waals surface area contributed by atoms with Gasteiger partial charge in [0.2, 0.25) is 0 Å². The number of aryl methyl sites for hydroxylation is 1.